The van der Waals surface area contributed by atoms with Crippen LogP contribution in [0.3, 0.4) is 0 Å². The second-order valence-corrected chi connectivity index (χ2v) is 7.37. The summed E-state index contributed by atoms with van der Waals surface area (Å²) in [7, 11) is 0. The molecular formula is C22H24N4O2. The lowest BCUT2D eigenvalue weighted by Gasteiger charge is -2.30. The fourth-order valence-corrected chi connectivity index (χ4v) is 3.77. The van der Waals surface area contributed by atoms with Crippen molar-refractivity contribution in [3.8, 4) is 11.5 Å². The molecule has 0 aliphatic carbocycles. The SMILES string of the molecule is Cc1cccc(C)c1CC(=O)N1CCC(c2nc(-c3ccccn3)no2)CC1. The minimum atomic E-state index is 0.189. The van der Waals surface area contributed by atoms with Gasteiger partial charge in [0, 0.05) is 25.2 Å². The van der Waals surface area contributed by atoms with Gasteiger partial charge in [-0.15, -0.1) is 0 Å². The third-order valence-corrected chi connectivity index (χ3v) is 5.51. The van der Waals surface area contributed by atoms with E-state index >= 15 is 0 Å². The maximum absolute atomic E-state index is 12.8. The van der Waals surface area contributed by atoms with E-state index in [1.807, 2.05) is 29.2 Å². The molecule has 4 rings (SSSR count). The van der Waals surface area contributed by atoms with Crippen LogP contribution in [0.15, 0.2) is 47.1 Å². The molecule has 3 aromatic rings. The van der Waals surface area contributed by atoms with Crippen LogP contribution in [0, 0.1) is 13.8 Å². The van der Waals surface area contributed by atoms with Crippen LogP contribution in [0.2, 0.25) is 0 Å². The van der Waals surface area contributed by atoms with Crippen molar-refractivity contribution in [1.29, 1.82) is 0 Å². The number of rotatable bonds is 4. The second kappa shape index (κ2) is 7.92. The van der Waals surface area contributed by atoms with Crippen LogP contribution in [0.1, 0.15) is 41.3 Å². The molecule has 144 valence electrons. The molecule has 3 heterocycles. The van der Waals surface area contributed by atoms with E-state index in [2.05, 4.69) is 41.1 Å². The zero-order valence-electron chi connectivity index (χ0n) is 16.3. The summed E-state index contributed by atoms with van der Waals surface area (Å²) < 4.78 is 5.48. The van der Waals surface area contributed by atoms with Gasteiger partial charge in [-0.3, -0.25) is 9.78 Å². The molecule has 0 radical (unpaired) electrons. The fourth-order valence-electron chi connectivity index (χ4n) is 3.77. The van der Waals surface area contributed by atoms with Crippen LogP contribution in [0.5, 0.6) is 0 Å². The van der Waals surface area contributed by atoms with Crippen molar-refractivity contribution < 1.29 is 9.32 Å². The number of pyridine rings is 1. The number of carbonyl (C=O) groups excluding carboxylic acids is 1. The van der Waals surface area contributed by atoms with Gasteiger partial charge in [0.1, 0.15) is 5.69 Å². The predicted molar refractivity (Wildman–Crippen MR) is 106 cm³/mol. The molecule has 1 aliphatic rings. The molecule has 1 amide bonds. The van der Waals surface area contributed by atoms with Gasteiger partial charge in [0.15, 0.2) is 0 Å². The topological polar surface area (TPSA) is 72.1 Å². The van der Waals surface area contributed by atoms with E-state index in [1.54, 1.807) is 6.20 Å². The van der Waals surface area contributed by atoms with Crippen LogP contribution in [0.4, 0.5) is 0 Å². The quantitative estimate of drug-likeness (QED) is 0.694. The van der Waals surface area contributed by atoms with Crippen molar-refractivity contribution >= 4 is 5.91 Å². The van der Waals surface area contributed by atoms with Crippen LogP contribution >= 0.6 is 0 Å². The lowest BCUT2D eigenvalue weighted by molar-refractivity contribution is -0.131. The summed E-state index contributed by atoms with van der Waals surface area (Å²) in [5, 5.41) is 4.06. The zero-order valence-corrected chi connectivity index (χ0v) is 16.3. The molecule has 1 aliphatic heterocycles. The summed E-state index contributed by atoms with van der Waals surface area (Å²) in [4.78, 5) is 23.5. The minimum absolute atomic E-state index is 0.189. The fraction of sp³-hybridized carbons (Fsp3) is 0.364. The number of amides is 1. The van der Waals surface area contributed by atoms with Gasteiger partial charge in [-0.05, 0) is 55.5 Å². The first kappa shape index (κ1) is 18.3. The van der Waals surface area contributed by atoms with Crippen molar-refractivity contribution in [2.45, 2.75) is 39.0 Å². The number of nitrogens with zero attached hydrogens (tertiary/aromatic N) is 4. The Morgan fingerprint density at radius 1 is 1.11 bits per heavy atom. The number of benzene rings is 1. The van der Waals surface area contributed by atoms with Crippen LogP contribution < -0.4 is 0 Å². The Morgan fingerprint density at radius 2 is 1.86 bits per heavy atom. The average Bonchev–Trinajstić information content (AvgIpc) is 3.22. The Hall–Kier alpha value is -3.02. The first-order chi connectivity index (χ1) is 13.6. The van der Waals surface area contributed by atoms with Crippen molar-refractivity contribution in [1.82, 2.24) is 20.0 Å². The first-order valence-electron chi connectivity index (χ1n) is 9.69. The summed E-state index contributed by atoms with van der Waals surface area (Å²) in [6.07, 6.45) is 3.85. The van der Waals surface area contributed by atoms with Crippen molar-refractivity contribution in [3.05, 3.63) is 65.2 Å². The lowest BCUT2D eigenvalue weighted by Crippen LogP contribution is -2.39. The highest BCUT2D eigenvalue weighted by Gasteiger charge is 2.28. The van der Waals surface area contributed by atoms with Crippen molar-refractivity contribution in [2.75, 3.05) is 13.1 Å². The van der Waals surface area contributed by atoms with Crippen LogP contribution in [-0.4, -0.2) is 39.0 Å². The van der Waals surface area contributed by atoms with Gasteiger partial charge in [0.25, 0.3) is 0 Å². The number of hydrogen-bond donors (Lipinski definition) is 0. The molecule has 1 fully saturated rings. The van der Waals surface area contributed by atoms with Gasteiger partial charge >= 0.3 is 0 Å². The van der Waals surface area contributed by atoms with Gasteiger partial charge in [0.05, 0.1) is 6.42 Å². The number of aromatic nitrogens is 3. The summed E-state index contributed by atoms with van der Waals surface area (Å²) in [5.74, 6) is 1.54. The zero-order chi connectivity index (χ0) is 19.5. The molecule has 1 saturated heterocycles. The van der Waals surface area contributed by atoms with Crippen LogP contribution in [0.25, 0.3) is 11.5 Å². The van der Waals surface area contributed by atoms with Gasteiger partial charge in [-0.2, -0.15) is 4.98 Å². The maximum atomic E-state index is 12.8. The molecule has 0 unspecified atom stereocenters. The molecule has 0 saturated carbocycles. The molecule has 6 nitrogen and oxygen atoms in total. The summed E-state index contributed by atoms with van der Waals surface area (Å²) in [6.45, 7) is 5.57. The third kappa shape index (κ3) is 3.81. The monoisotopic (exact) mass is 376 g/mol. The summed E-state index contributed by atoms with van der Waals surface area (Å²) in [5.41, 5.74) is 4.21. The van der Waals surface area contributed by atoms with Crippen molar-refractivity contribution in [3.63, 3.8) is 0 Å². The van der Waals surface area contributed by atoms with E-state index in [0.717, 1.165) is 31.5 Å². The Labute approximate surface area is 164 Å². The highest BCUT2D eigenvalue weighted by molar-refractivity contribution is 5.79. The molecule has 6 heteroatoms. The van der Waals surface area contributed by atoms with Gasteiger partial charge < -0.3 is 9.42 Å². The Kier molecular flexibility index (Phi) is 5.19. The molecule has 0 spiro atoms. The first-order valence-corrected chi connectivity index (χ1v) is 9.69. The van der Waals surface area contributed by atoms with Crippen LogP contribution in [-0.2, 0) is 11.2 Å². The lowest BCUT2D eigenvalue weighted by atomic mass is 9.95. The molecule has 0 atom stereocenters. The summed E-state index contributed by atoms with van der Waals surface area (Å²) >= 11 is 0. The summed E-state index contributed by atoms with van der Waals surface area (Å²) in [6, 6.07) is 11.8. The largest absolute Gasteiger partial charge is 0.342 e. The molecule has 28 heavy (non-hydrogen) atoms. The molecule has 2 aromatic heterocycles. The predicted octanol–water partition coefficient (Wildman–Crippen LogP) is 3.70. The third-order valence-electron chi connectivity index (χ3n) is 5.51. The number of likely N-dealkylation sites (tertiary alicyclic amines) is 1. The molecular weight excluding hydrogens is 352 g/mol. The molecule has 0 N–H and O–H groups in total. The minimum Gasteiger partial charge on any atom is -0.342 e. The molecule has 1 aromatic carbocycles. The standard InChI is InChI=1S/C22H24N4O2/c1-15-6-5-7-16(2)18(15)14-20(27)26-12-9-17(10-13-26)22-24-21(25-28-22)19-8-3-4-11-23-19/h3-8,11,17H,9-10,12-14H2,1-2H3. The number of carbonyl (C=O) groups is 1. The van der Waals surface area contributed by atoms with E-state index in [-0.39, 0.29) is 11.8 Å². The van der Waals surface area contributed by atoms with Gasteiger partial charge in [0.2, 0.25) is 17.6 Å². The smallest absolute Gasteiger partial charge is 0.230 e. The Bertz CT molecular complexity index is 939. The number of aryl methyl sites for hydroxylation is 2. The van der Waals surface area contributed by atoms with E-state index in [1.165, 1.54) is 11.1 Å². The number of hydrogen-bond acceptors (Lipinski definition) is 5. The second-order valence-electron chi connectivity index (χ2n) is 7.37. The van der Waals surface area contributed by atoms with E-state index < -0.39 is 0 Å². The van der Waals surface area contributed by atoms with E-state index in [9.17, 15) is 4.79 Å². The van der Waals surface area contributed by atoms with E-state index in [4.69, 9.17) is 4.52 Å². The highest BCUT2D eigenvalue weighted by Crippen LogP contribution is 2.28. The Morgan fingerprint density at radius 3 is 2.54 bits per heavy atom. The normalized spacial score (nSPS) is 15.0. The van der Waals surface area contributed by atoms with E-state index in [0.29, 0.717) is 23.8 Å². The molecule has 0 bridgehead atoms. The van der Waals surface area contributed by atoms with Crippen molar-refractivity contribution in [2.24, 2.45) is 0 Å². The van der Waals surface area contributed by atoms with Gasteiger partial charge in [-0.1, -0.05) is 29.4 Å². The maximum Gasteiger partial charge on any atom is 0.230 e. The van der Waals surface area contributed by atoms with Gasteiger partial charge in [-0.25, -0.2) is 0 Å². The highest BCUT2D eigenvalue weighted by atomic mass is 16.5. The number of piperidine rings is 1. The Balaban J connectivity index is 1.37. The average molecular weight is 376 g/mol.